The molecule has 2 aliphatic heterocycles. The number of amides is 11. The molecule has 6 heterocycles. The Labute approximate surface area is 543 Å². The van der Waals surface area contributed by atoms with Gasteiger partial charge in [0, 0.05) is 88.3 Å². The molecule has 2 aromatic carbocycles. The van der Waals surface area contributed by atoms with Crippen molar-refractivity contribution < 1.29 is 80.1 Å². The fourth-order valence-corrected chi connectivity index (χ4v) is 11.1. The van der Waals surface area contributed by atoms with Crippen molar-refractivity contribution in [3.63, 3.8) is 0 Å². The molecular weight excluding hydrogens is 1240 g/mol. The number of imidazole rings is 2. The summed E-state index contributed by atoms with van der Waals surface area (Å²) in [4.78, 5) is 204. The molecule has 6 aromatic rings. The number of rotatable bonds is 35. The second-order valence-corrected chi connectivity index (χ2v) is 22.5. The van der Waals surface area contributed by atoms with E-state index in [0.717, 1.165) is 4.90 Å². The number of carbonyl (C=O) groups excluding carboxylic acids is 13. The Morgan fingerprint density at radius 2 is 1.14 bits per heavy atom. The lowest BCUT2D eigenvalue weighted by atomic mass is 10.0. The Balaban J connectivity index is 1.05. The van der Waals surface area contributed by atoms with Crippen LogP contribution in [-0.2, 0) is 92.8 Å². The summed E-state index contributed by atoms with van der Waals surface area (Å²) in [5.41, 5.74) is 13.0. The molecule has 0 radical (unpaired) electrons. The number of unbranched alkanes of at least 4 members (excludes halogenated alkanes) is 1. The Morgan fingerprint density at radius 3 is 1.61 bits per heavy atom. The standard InChI is InChI=1S/C61H74N18O16/c62-16-6-5-10-40(61(95)79-17-7-13-49(79)60(94)66-25-50(63)83)70-54(88)41(18-33-26-77(31-81)47-11-3-1-8-37(33)47)72-58(92)45(22-52(85)86)75-57(91)44(21-36-24-65-30-68-36)74-59(93)46(28-80)76-55(89)42(19-34-27-78(32-82)48-12-4-2-9-38(34)48)71-56(90)43(20-35-23-64-29-67-35)73-53(87)39-14-15-51(84)69-39/h1-4,8-9,11-12,23-24,26-27,29-32,39-46,49,80H,5-7,10,13-22,25,28,62H2,(H2,63,83)(H,64,67)(H,65,68)(H,66,94)(H,69,84)(H,70,88)(H,71,90)(H,72,92)(H,73,87)(H,74,93)(H,75,91)(H,76,89)(H,85,86)/t39-,40-,41-,42-,43-,44-,45-,46-,49-/m0/s1/i7T,13T/t7?,13?,39-,40-,41-,42-,43-,44-,45-,46-,49-. The zero-order valence-corrected chi connectivity index (χ0v) is 51.0. The highest BCUT2D eigenvalue weighted by Crippen LogP contribution is 2.25. The number of fused-ring (bicyclic) bond motifs is 2. The number of nitrogens with zero attached hydrogens (tertiary/aromatic N) is 5. The third kappa shape index (κ3) is 18.3. The minimum absolute atomic E-state index is 0.0523. The molecule has 8 rings (SSSR count). The van der Waals surface area contributed by atoms with Crippen LogP contribution in [0.5, 0.6) is 0 Å². The topological polar surface area (TPSA) is 510 Å². The quantitative estimate of drug-likeness (QED) is 0.0131. The first-order chi connectivity index (χ1) is 46.5. The maximum atomic E-state index is 14.9. The second kappa shape index (κ2) is 32.9. The van der Waals surface area contributed by atoms with E-state index in [9.17, 15) is 77.3 Å². The number of nitrogens with two attached hydrogens (primary N) is 2. The number of aromatic nitrogens is 6. The third-order valence-corrected chi connectivity index (χ3v) is 15.9. The van der Waals surface area contributed by atoms with Crippen LogP contribution in [0.4, 0.5) is 0 Å². The minimum Gasteiger partial charge on any atom is -0.481 e. The average molecular weight is 1320 g/mol. The number of primary amides is 1. The largest absolute Gasteiger partial charge is 0.481 e. The molecule has 17 N–H and O–H groups in total. The number of para-hydroxylation sites is 2. The number of carbonyl (C=O) groups is 14. The molecule has 4 aromatic heterocycles. The zero-order chi connectivity index (χ0) is 70.0. The highest BCUT2D eigenvalue weighted by Gasteiger charge is 2.40. The predicted molar refractivity (Wildman–Crippen MR) is 334 cm³/mol. The number of aliphatic carboxylic acids is 1. The van der Waals surface area contributed by atoms with E-state index < -0.39 is 171 Å². The zero-order valence-electron chi connectivity index (χ0n) is 53.0. The van der Waals surface area contributed by atoms with Crippen LogP contribution in [0, 0.1) is 0 Å². The summed E-state index contributed by atoms with van der Waals surface area (Å²) in [6.45, 7) is -2.13. The Morgan fingerprint density at radius 1 is 0.653 bits per heavy atom. The van der Waals surface area contributed by atoms with E-state index in [4.69, 9.17) is 14.2 Å². The van der Waals surface area contributed by atoms with Gasteiger partial charge in [-0.25, -0.2) is 9.97 Å². The van der Waals surface area contributed by atoms with Crippen molar-refractivity contribution in [1.29, 1.82) is 0 Å². The van der Waals surface area contributed by atoms with Crippen molar-refractivity contribution in [3.8, 4) is 0 Å². The number of aliphatic hydroxyl groups is 1. The molecule has 0 aliphatic carbocycles. The molecule has 95 heavy (non-hydrogen) atoms. The number of hydrogen-bond donors (Lipinski definition) is 15. The summed E-state index contributed by atoms with van der Waals surface area (Å²) >= 11 is 0. The van der Waals surface area contributed by atoms with Crippen LogP contribution in [0.25, 0.3) is 21.8 Å². The number of nitrogens with one attached hydrogen (secondary N) is 11. The van der Waals surface area contributed by atoms with E-state index in [-0.39, 0.29) is 62.2 Å². The van der Waals surface area contributed by atoms with E-state index in [1.54, 1.807) is 48.5 Å². The van der Waals surface area contributed by atoms with Gasteiger partial charge in [0.05, 0.1) is 43.3 Å². The molecule has 34 heteroatoms. The number of aliphatic hydroxyl groups excluding tert-OH is 1. The van der Waals surface area contributed by atoms with E-state index in [1.165, 1.54) is 46.6 Å². The Hall–Kier alpha value is -11.2. The SMILES string of the molecule is [3H]C1CN(C(=O)[C@H](CCCCN)NC(=O)[C@H](Cc2cn(C=O)c3ccccc23)NC(=O)[C@H](CC(=O)O)NC(=O)[C@H](Cc2cnc[nH]2)NC(=O)[C@H](CO)NC(=O)[C@H](Cc2cn(C=O)c3ccccc23)NC(=O)[C@H](Cc2cnc[nH]2)NC(=O)[C@@H]2CCC(=O)N2)[C@H](C(=O)NCC(N)=O)C1[3H]. The van der Waals surface area contributed by atoms with Gasteiger partial charge in [0.25, 0.3) is 0 Å². The molecule has 11 atom stereocenters. The molecule has 0 saturated carbocycles. The third-order valence-electron chi connectivity index (χ3n) is 15.9. The van der Waals surface area contributed by atoms with Gasteiger partial charge in [0.15, 0.2) is 0 Å². The number of aromatic amines is 2. The van der Waals surface area contributed by atoms with E-state index in [1.807, 2.05) is 0 Å². The first-order valence-corrected chi connectivity index (χ1v) is 30.2. The second-order valence-electron chi connectivity index (χ2n) is 22.5. The van der Waals surface area contributed by atoms with Crippen LogP contribution in [0.15, 0.2) is 86.0 Å². The summed E-state index contributed by atoms with van der Waals surface area (Å²) in [7, 11) is 0. The number of hydrogen-bond acceptors (Lipinski definition) is 18. The molecule has 11 amide bonds. The average Bonchev–Trinajstić information content (AvgIpc) is 1.67. The number of carboxylic acid groups (broad SMARTS) is 1. The van der Waals surface area contributed by atoms with Crippen LogP contribution >= 0.6 is 0 Å². The van der Waals surface area contributed by atoms with Crippen molar-refractivity contribution in [2.24, 2.45) is 11.5 Å². The molecule has 0 spiro atoms. The van der Waals surface area contributed by atoms with Gasteiger partial charge in [0.2, 0.25) is 77.8 Å². The fraction of sp³-hybridized carbons (Fsp3) is 0.410. The van der Waals surface area contributed by atoms with Gasteiger partial charge >= 0.3 is 5.97 Å². The molecule has 0 bridgehead atoms. The number of benzene rings is 2. The Bertz CT molecular complexity index is 3900. The van der Waals surface area contributed by atoms with Crippen LogP contribution in [0.2, 0.25) is 0 Å². The summed E-state index contributed by atoms with van der Waals surface area (Å²) in [6.07, 6.45) is 4.01. The molecule has 504 valence electrons. The number of likely N-dealkylation sites (tertiary alicyclic amines) is 1. The maximum absolute atomic E-state index is 14.9. The van der Waals surface area contributed by atoms with Crippen molar-refractivity contribution in [2.45, 2.75) is 131 Å². The van der Waals surface area contributed by atoms with Crippen molar-refractivity contribution in [2.75, 3.05) is 26.2 Å². The first kappa shape index (κ1) is 66.8. The van der Waals surface area contributed by atoms with Crippen LogP contribution in [-0.4, -0.2) is 209 Å². The number of carboxylic acids is 1. The highest BCUT2D eigenvalue weighted by molar-refractivity contribution is 6.01. The molecule has 2 aliphatic rings. The predicted octanol–water partition coefficient (Wildman–Crippen LogP) is -4.75. The first-order valence-electron chi connectivity index (χ1n) is 31.3. The van der Waals surface area contributed by atoms with E-state index in [0.29, 0.717) is 52.3 Å². The van der Waals surface area contributed by atoms with Crippen LogP contribution in [0.3, 0.4) is 0 Å². The van der Waals surface area contributed by atoms with Crippen molar-refractivity contribution in [1.82, 2.24) is 81.8 Å². The van der Waals surface area contributed by atoms with Gasteiger partial charge in [-0.2, -0.15) is 0 Å². The van der Waals surface area contributed by atoms with Crippen molar-refractivity contribution >= 4 is 106 Å². The molecular formula is C61H74N18O16. The smallest absolute Gasteiger partial charge is 0.305 e. The Kier molecular flexibility index (Phi) is 23.1. The molecule has 34 nitrogen and oxygen atoms in total. The molecule has 2 fully saturated rings. The lowest BCUT2D eigenvalue weighted by Crippen LogP contribution is -2.61. The van der Waals surface area contributed by atoms with Gasteiger partial charge in [-0.15, -0.1) is 0 Å². The summed E-state index contributed by atoms with van der Waals surface area (Å²) in [6, 6.07) is -1.81. The van der Waals surface area contributed by atoms with Crippen LogP contribution < -0.4 is 59.3 Å². The van der Waals surface area contributed by atoms with Gasteiger partial charge < -0.3 is 84.4 Å². The molecule has 2 saturated heterocycles. The molecule has 2 unspecified atom stereocenters. The summed E-state index contributed by atoms with van der Waals surface area (Å²) in [5, 5.41) is 44.1. The van der Waals surface area contributed by atoms with Gasteiger partial charge in [-0.3, -0.25) is 76.3 Å². The van der Waals surface area contributed by atoms with Gasteiger partial charge in [-0.05, 0) is 68.3 Å². The van der Waals surface area contributed by atoms with Crippen molar-refractivity contribution in [3.05, 3.63) is 108 Å². The maximum Gasteiger partial charge on any atom is 0.305 e. The number of H-pyrrole nitrogens is 2. The van der Waals surface area contributed by atoms with Gasteiger partial charge in [0.1, 0.15) is 54.4 Å². The van der Waals surface area contributed by atoms with E-state index in [2.05, 4.69) is 67.8 Å². The summed E-state index contributed by atoms with van der Waals surface area (Å²) < 4.78 is 19.5. The minimum atomic E-state index is -2.09. The normalized spacial score (nSPS) is 18.4. The summed E-state index contributed by atoms with van der Waals surface area (Å²) in [5.74, 6) is -12.5. The van der Waals surface area contributed by atoms with Gasteiger partial charge in [-0.1, -0.05) is 36.4 Å². The lowest BCUT2D eigenvalue weighted by Gasteiger charge is -2.30. The lowest BCUT2D eigenvalue weighted by molar-refractivity contribution is -0.143. The highest BCUT2D eigenvalue weighted by atomic mass is 16.4. The van der Waals surface area contributed by atoms with Crippen LogP contribution in [0.1, 0.15) is 76.6 Å². The fourth-order valence-electron chi connectivity index (χ4n) is 11.1. The van der Waals surface area contributed by atoms with E-state index >= 15 is 0 Å². The monoisotopic (exact) mass is 1320 g/mol.